The molecule has 0 unspecified atom stereocenters. The summed E-state index contributed by atoms with van der Waals surface area (Å²) >= 11 is 0. The molecule has 1 rings (SSSR count). The topological polar surface area (TPSA) is 29.9 Å². The zero-order valence-corrected chi connectivity index (χ0v) is 8.75. The summed E-state index contributed by atoms with van der Waals surface area (Å²) in [6.07, 6.45) is 3.04. The van der Waals surface area contributed by atoms with E-state index in [0.717, 1.165) is 13.1 Å². The molecule has 13 heavy (non-hydrogen) atoms. The van der Waals surface area contributed by atoms with Crippen LogP contribution in [0.5, 0.6) is 0 Å². The quantitative estimate of drug-likeness (QED) is 0.704. The van der Waals surface area contributed by atoms with Crippen molar-refractivity contribution >= 4 is 0 Å². The van der Waals surface area contributed by atoms with Crippen LogP contribution in [-0.2, 0) is 6.54 Å². The van der Waals surface area contributed by atoms with Gasteiger partial charge in [-0.25, -0.2) is 0 Å². The Morgan fingerprint density at radius 3 is 2.92 bits per heavy atom. The van der Waals surface area contributed by atoms with Gasteiger partial charge in [-0.15, -0.1) is 0 Å². The van der Waals surface area contributed by atoms with Gasteiger partial charge in [-0.05, 0) is 32.9 Å². The molecule has 0 aromatic carbocycles. The molecular weight excluding hydrogens is 162 g/mol. The number of rotatable bonds is 5. The Morgan fingerprint density at radius 2 is 2.31 bits per heavy atom. The van der Waals surface area contributed by atoms with Crippen LogP contribution >= 0.6 is 0 Å². The van der Waals surface area contributed by atoms with Crippen LogP contribution in [0, 0.1) is 0 Å². The number of nitrogens with zero attached hydrogens (tertiary/aromatic N) is 2. The van der Waals surface area contributed by atoms with Gasteiger partial charge in [-0.2, -0.15) is 5.10 Å². The minimum Gasteiger partial charge on any atom is -0.311 e. The highest BCUT2D eigenvalue weighted by atomic mass is 15.3. The minimum absolute atomic E-state index is 0.452. The number of nitrogens with one attached hydrogen (secondary N) is 1. The van der Waals surface area contributed by atoms with Gasteiger partial charge >= 0.3 is 0 Å². The zero-order chi connectivity index (χ0) is 9.68. The summed E-state index contributed by atoms with van der Waals surface area (Å²) in [5.74, 6) is 0. The molecule has 3 nitrogen and oxygen atoms in total. The molecule has 0 fully saturated rings. The summed E-state index contributed by atoms with van der Waals surface area (Å²) < 4.78 is 2.06. The maximum Gasteiger partial charge on any atom is 0.0525 e. The first-order valence-corrected chi connectivity index (χ1v) is 4.98. The summed E-state index contributed by atoms with van der Waals surface area (Å²) in [6, 6.07) is 2.52. The van der Waals surface area contributed by atoms with Gasteiger partial charge in [0, 0.05) is 18.8 Å². The molecule has 1 aromatic heterocycles. The van der Waals surface area contributed by atoms with Gasteiger partial charge in [0.1, 0.15) is 0 Å². The lowest BCUT2D eigenvalue weighted by atomic mass is 10.3. The van der Waals surface area contributed by atoms with E-state index in [0.29, 0.717) is 6.04 Å². The van der Waals surface area contributed by atoms with Gasteiger partial charge in [-0.1, -0.05) is 6.92 Å². The van der Waals surface area contributed by atoms with Crippen LogP contribution in [0.4, 0.5) is 0 Å². The van der Waals surface area contributed by atoms with Gasteiger partial charge in [0.25, 0.3) is 0 Å². The third-order valence-corrected chi connectivity index (χ3v) is 1.97. The molecular formula is C10H19N3. The summed E-state index contributed by atoms with van der Waals surface area (Å²) in [5, 5.41) is 7.64. The Bertz CT molecular complexity index is 240. The zero-order valence-electron chi connectivity index (χ0n) is 8.75. The SMILES string of the molecule is CCCNCc1ccnn1C(C)C. The van der Waals surface area contributed by atoms with E-state index in [2.05, 4.69) is 41.9 Å². The van der Waals surface area contributed by atoms with E-state index in [1.165, 1.54) is 12.1 Å². The van der Waals surface area contributed by atoms with E-state index in [9.17, 15) is 0 Å². The second kappa shape index (κ2) is 5.02. The van der Waals surface area contributed by atoms with Crippen molar-refractivity contribution < 1.29 is 0 Å². The van der Waals surface area contributed by atoms with Crippen molar-refractivity contribution in [2.75, 3.05) is 6.54 Å². The van der Waals surface area contributed by atoms with E-state index in [-0.39, 0.29) is 0 Å². The fourth-order valence-corrected chi connectivity index (χ4v) is 1.34. The Morgan fingerprint density at radius 1 is 1.54 bits per heavy atom. The average molecular weight is 181 g/mol. The van der Waals surface area contributed by atoms with Crippen molar-refractivity contribution in [1.82, 2.24) is 15.1 Å². The highest BCUT2D eigenvalue weighted by molar-refractivity contribution is 5.00. The molecule has 0 saturated carbocycles. The predicted molar refractivity (Wildman–Crippen MR) is 54.6 cm³/mol. The van der Waals surface area contributed by atoms with Gasteiger partial charge in [0.15, 0.2) is 0 Å². The summed E-state index contributed by atoms with van der Waals surface area (Å²) in [4.78, 5) is 0. The van der Waals surface area contributed by atoms with Crippen LogP contribution in [0.25, 0.3) is 0 Å². The molecule has 1 heterocycles. The number of hydrogen-bond acceptors (Lipinski definition) is 2. The van der Waals surface area contributed by atoms with E-state index in [4.69, 9.17) is 0 Å². The van der Waals surface area contributed by atoms with Crippen LogP contribution < -0.4 is 5.32 Å². The van der Waals surface area contributed by atoms with Crippen LogP contribution in [0.2, 0.25) is 0 Å². The van der Waals surface area contributed by atoms with Crippen molar-refractivity contribution in [2.24, 2.45) is 0 Å². The maximum absolute atomic E-state index is 4.27. The lowest BCUT2D eigenvalue weighted by molar-refractivity contribution is 0.495. The average Bonchev–Trinajstić information content (AvgIpc) is 2.53. The Hall–Kier alpha value is -0.830. The van der Waals surface area contributed by atoms with Crippen molar-refractivity contribution in [1.29, 1.82) is 0 Å². The van der Waals surface area contributed by atoms with Gasteiger partial charge in [0.2, 0.25) is 0 Å². The molecule has 0 bridgehead atoms. The third kappa shape index (κ3) is 2.84. The van der Waals surface area contributed by atoms with E-state index < -0.39 is 0 Å². The largest absolute Gasteiger partial charge is 0.311 e. The standard InChI is InChI=1S/C10H19N3/c1-4-6-11-8-10-5-7-12-13(10)9(2)3/h5,7,9,11H,4,6,8H2,1-3H3. The van der Waals surface area contributed by atoms with E-state index in [1.54, 1.807) is 0 Å². The predicted octanol–water partition coefficient (Wildman–Crippen LogP) is 1.96. The molecule has 0 aliphatic rings. The molecule has 0 aliphatic carbocycles. The lowest BCUT2D eigenvalue weighted by Gasteiger charge is -2.11. The summed E-state index contributed by atoms with van der Waals surface area (Å²) in [7, 11) is 0. The second-order valence-electron chi connectivity index (χ2n) is 3.54. The molecule has 1 aromatic rings. The third-order valence-electron chi connectivity index (χ3n) is 1.97. The summed E-state index contributed by atoms with van der Waals surface area (Å²) in [6.45, 7) is 8.47. The first-order chi connectivity index (χ1) is 6.25. The van der Waals surface area contributed by atoms with Crippen molar-refractivity contribution in [3.63, 3.8) is 0 Å². The lowest BCUT2D eigenvalue weighted by Crippen LogP contribution is -2.18. The van der Waals surface area contributed by atoms with Gasteiger partial charge < -0.3 is 5.32 Å². The van der Waals surface area contributed by atoms with Crippen LogP contribution in [0.15, 0.2) is 12.3 Å². The molecule has 0 atom stereocenters. The molecule has 0 radical (unpaired) electrons. The first kappa shape index (κ1) is 10.3. The summed E-state index contributed by atoms with van der Waals surface area (Å²) in [5.41, 5.74) is 1.27. The van der Waals surface area contributed by atoms with E-state index in [1.807, 2.05) is 6.20 Å². The smallest absolute Gasteiger partial charge is 0.0525 e. The molecule has 3 heteroatoms. The Labute approximate surface area is 80.1 Å². The minimum atomic E-state index is 0.452. The van der Waals surface area contributed by atoms with Crippen LogP contribution in [0.3, 0.4) is 0 Å². The maximum atomic E-state index is 4.27. The molecule has 0 saturated heterocycles. The molecule has 1 N–H and O–H groups in total. The van der Waals surface area contributed by atoms with Gasteiger partial charge in [-0.3, -0.25) is 4.68 Å². The highest BCUT2D eigenvalue weighted by Gasteiger charge is 2.03. The molecule has 0 amide bonds. The van der Waals surface area contributed by atoms with Crippen LogP contribution in [0.1, 0.15) is 38.9 Å². The Kier molecular flexibility index (Phi) is 3.96. The van der Waals surface area contributed by atoms with Crippen molar-refractivity contribution in [3.05, 3.63) is 18.0 Å². The number of hydrogen-bond donors (Lipinski definition) is 1. The van der Waals surface area contributed by atoms with Gasteiger partial charge in [0.05, 0.1) is 5.69 Å². The Balaban J connectivity index is 2.50. The normalized spacial score (nSPS) is 11.1. The van der Waals surface area contributed by atoms with Crippen LogP contribution in [-0.4, -0.2) is 16.3 Å². The fourth-order valence-electron chi connectivity index (χ4n) is 1.34. The molecule has 0 aliphatic heterocycles. The van der Waals surface area contributed by atoms with E-state index >= 15 is 0 Å². The highest BCUT2D eigenvalue weighted by Crippen LogP contribution is 2.07. The molecule has 0 spiro atoms. The fraction of sp³-hybridized carbons (Fsp3) is 0.700. The van der Waals surface area contributed by atoms with Crippen molar-refractivity contribution in [3.8, 4) is 0 Å². The second-order valence-corrected chi connectivity index (χ2v) is 3.54. The molecule has 74 valence electrons. The number of aromatic nitrogens is 2. The monoisotopic (exact) mass is 181 g/mol. The first-order valence-electron chi connectivity index (χ1n) is 4.98. The van der Waals surface area contributed by atoms with Crippen molar-refractivity contribution in [2.45, 2.75) is 39.8 Å².